The Balaban J connectivity index is 2.25. The van der Waals surface area contributed by atoms with E-state index >= 15 is 0 Å². The monoisotopic (exact) mass is 306 g/mol. The molecule has 2 unspecified atom stereocenters. The maximum Gasteiger partial charge on any atom is 0.178 e. The average Bonchev–Trinajstić information content (AvgIpc) is 2.45. The number of rotatable bonds is 4. The van der Waals surface area contributed by atoms with Crippen LogP contribution in [-0.4, -0.2) is 15.2 Å². The van der Waals surface area contributed by atoms with E-state index in [0.29, 0.717) is 15.5 Å². The Kier molecular flexibility index (Phi) is 4.73. The molecule has 0 saturated carbocycles. The van der Waals surface area contributed by atoms with Crippen molar-refractivity contribution in [1.82, 2.24) is 0 Å². The molecule has 20 heavy (non-hydrogen) atoms. The number of hydrogen-bond acceptors (Lipinski definition) is 2. The lowest BCUT2D eigenvalue weighted by molar-refractivity contribution is 0.0992. The summed E-state index contributed by atoms with van der Waals surface area (Å²) in [5.41, 5.74) is 1.52. The molecule has 0 aliphatic carbocycles. The van der Waals surface area contributed by atoms with Crippen LogP contribution in [0.4, 0.5) is 0 Å². The Bertz CT molecular complexity index is 610. The summed E-state index contributed by atoms with van der Waals surface area (Å²) >= 11 is 5.88. The Hall–Kier alpha value is -1.45. The third-order valence-corrected chi connectivity index (χ3v) is 4.83. The van der Waals surface area contributed by atoms with Gasteiger partial charge in [0.2, 0.25) is 0 Å². The first kappa shape index (κ1) is 14.9. The summed E-state index contributed by atoms with van der Waals surface area (Å²) in [5, 5.41) is -0.0975. The van der Waals surface area contributed by atoms with E-state index in [2.05, 4.69) is 0 Å². The first-order chi connectivity index (χ1) is 9.49. The van der Waals surface area contributed by atoms with E-state index in [1.54, 1.807) is 37.3 Å². The molecule has 0 heterocycles. The highest BCUT2D eigenvalue weighted by atomic mass is 35.5. The molecule has 104 valence electrons. The first-order valence-corrected chi connectivity index (χ1v) is 7.85. The minimum atomic E-state index is -1.37. The maximum absolute atomic E-state index is 12.5. The first-order valence-electron chi connectivity index (χ1n) is 6.26. The molecular formula is C16H15ClO2S. The van der Waals surface area contributed by atoms with E-state index in [0.717, 1.165) is 5.56 Å². The van der Waals surface area contributed by atoms with Crippen molar-refractivity contribution >= 4 is 28.2 Å². The number of Topliss-reactive ketones (excluding diaryl/α,β-unsaturated/α-hetero) is 1. The number of ketones is 1. The molecular weight excluding hydrogens is 292 g/mol. The molecule has 0 N–H and O–H groups in total. The molecule has 0 bridgehead atoms. The quantitative estimate of drug-likeness (QED) is 0.799. The summed E-state index contributed by atoms with van der Waals surface area (Å²) in [6.45, 7) is 3.62. The number of carbonyl (C=O) groups is 1. The number of benzene rings is 2. The van der Waals surface area contributed by atoms with Crippen molar-refractivity contribution in [3.63, 3.8) is 0 Å². The highest BCUT2D eigenvalue weighted by Crippen LogP contribution is 2.18. The molecule has 2 aromatic rings. The van der Waals surface area contributed by atoms with Gasteiger partial charge in [-0.05, 0) is 43.7 Å². The van der Waals surface area contributed by atoms with Gasteiger partial charge >= 0.3 is 0 Å². The highest BCUT2D eigenvalue weighted by molar-refractivity contribution is 7.86. The van der Waals surface area contributed by atoms with Crippen LogP contribution in [-0.2, 0) is 10.8 Å². The summed E-state index contributed by atoms with van der Waals surface area (Å²) in [5.74, 6) is -0.160. The van der Waals surface area contributed by atoms with Crippen LogP contribution in [0, 0.1) is 6.92 Å². The fourth-order valence-corrected chi connectivity index (χ4v) is 3.36. The molecule has 0 radical (unpaired) electrons. The lowest BCUT2D eigenvalue weighted by Crippen LogP contribution is -2.22. The van der Waals surface area contributed by atoms with Gasteiger partial charge in [0.05, 0.1) is 16.0 Å². The van der Waals surface area contributed by atoms with Gasteiger partial charge in [0.25, 0.3) is 0 Å². The second-order valence-electron chi connectivity index (χ2n) is 4.63. The molecule has 0 amide bonds. The predicted molar refractivity (Wildman–Crippen MR) is 82.8 cm³/mol. The molecule has 2 rings (SSSR count). The normalized spacial score (nSPS) is 13.8. The van der Waals surface area contributed by atoms with Crippen molar-refractivity contribution in [2.75, 3.05) is 0 Å². The highest BCUT2D eigenvalue weighted by Gasteiger charge is 2.22. The van der Waals surface area contributed by atoms with Crippen molar-refractivity contribution in [3.05, 3.63) is 64.7 Å². The minimum absolute atomic E-state index is 0.160. The lowest BCUT2D eigenvalue weighted by Gasteiger charge is -2.11. The number of hydrogen-bond donors (Lipinski definition) is 0. The molecule has 2 aromatic carbocycles. The van der Waals surface area contributed by atoms with Gasteiger partial charge in [0, 0.05) is 15.5 Å². The summed E-state index contributed by atoms with van der Waals surface area (Å²) in [6, 6.07) is 14.1. The van der Waals surface area contributed by atoms with E-state index in [1.807, 2.05) is 25.1 Å². The van der Waals surface area contributed by atoms with E-state index in [9.17, 15) is 9.00 Å². The third-order valence-electron chi connectivity index (χ3n) is 3.02. The van der Waals surface area contributed by atoms with Crippen LogP contribution < -0.4 is 0 Å². The molecule has 0 spiro atoms. The maximum atomic E-state index is 12.5. The van der Waals surface area contributed by atoms with Gasteiger partial charge in [-0.2, -0.15) is 0 Å². The largest absolute Gasteiger partial charge is 0.293 e. The van der Waals surface area contributed by atoms with Crippen LogP contribution in [0.1, 0.15) is 22.8 Å². The topological polar surface area (TPSA) is 34.1 Å². The van der Waals surface area contributed by atoms with Crippen LogP contribution in [0.25, 0.3) is 0 Å². The van der Waals surface area contributed by atoms with Gasteiger partial charge in [-0.15, -0.1) is 0 Å². The van der Waals surface area contributed by atoms with Crippen LogP contribution >= 0.6 is 11.6 Å². The number of carbonyl (C=O) groups excluding carboxylic acids is 1. The van der Waals surface area contributed by atoms with Gasteiger partial charge in [-0.1, -0.05) is 35.9 Å². The summed E-state index contributed by atoms with van der Waals surface area (Å²) in [4.78, 5) is 13.0. The zero-order valence-corrected chi connectivity index (χ0v) is 12.9. The van der Waals surface area contributed by atoms with Crippen LogP contribution in [0.5, 0.6) is 0 Å². The molecule has 2 atom stereocenters. The molecule has 0 saturated heterocycles. The van der Waals surface area contributed by atoms with E-state index in [4.69, 9.17) is 11.6 Å². The van der Waals surface area contributed by atoms with Crippen molar-refractivity contribution < 1.29 is 9.00 Å². The lowest BCUT2D eigenvalue weighted by atomic mass is 10.1. The van der Waals surface area contributed by atoms with Gasteiger partial charge in [-0.3, -0.25) is 9.00 Å². The average molecular weight is 307 g/mol. The Morgan fingerprint density at radius 3 is 2.50 bits per heavy atom. The third kappa shape index (κ3) is 3.35. The summed E-state index contributed by atoms with van der Waals surface area (Å²) < 4.78 is 12.5. The fourth-order valence-electron chi connectivity index (χ4n) is 1.92. The van der Waals surface area contributed by atoms with E-state index < -0.39 is 16.0 Å². The summed E-state index contributed by atoms with van der Waals surface area (Å²) in [6.07, 6.45) is 0. The minimum Gasteiger partial charge on any atom is -0.293 e. The zero-order valence-electron chi connectivity index (χ0n) is 11.3. The standard InChI is InChI=1S/C16H15ClO2S/c1-11-5-3-8-15(9-11)20(19)12(2)16(18)13-6-4-7-14(17)10-13/h3-10,12H,1-2H3. The molecule has 4 heteroatoms. The Labute approximate surface area is 126 Å². The molecule has 0 aliphatic heterocycles. The second-order valence-corrected chi connectivity index (χ2v) is 6.84. The van der Waals surface area contributed by atoms with Crippen molar-refractivity contribution in [3.8, 4) is 0 Å². The van der Waals surface area contributed by atoms with Crippen molar-refractivity contribution in [2.24, 2.45) is 0 Å². The SMILES string of the molecule is Cc1cccc(S(=O)C(C)C(=O)c2cccc(Cl)c2)c1. The van der Waals surface area contributed by atoms with Crippen molar-refractivity contribution in [1.29, 1.82) is 0 Å². The van der Waals surface area contributed by atoms with Gasteiger partial charge < -0.3 is 0 Å². The number of aryl methyl sites for hydroxylation is 1. The molecule has 0 aromatic heterocycles. The second kappa shape index (κ2) is 6.33. The zero-order chi connectivity index (χ0) is 14.7. The Morgan fingerprint density at radius 2 is 1.85 bits per heavy atom. The Morgan fingerprint density at radius 1 is 1.15 bits per heavy atom. The van der Waals surface area contributed by atoms with E-state index in [-0.39, 0.29) is 5.78 Å². The van der Waals surface area contributed by atoms with Crippen LogP contribution in [0.15, 0.2) is 53.4 Å². The number of halogens is 1. The van der Waals surface area contributed by atoms with Crippen LogP contribution in [0.3, 0.4) is 0 Å². The van der Waals surface area contributed by atoms with Gasteiger partial charge in [0.15, 0.2) is 5.78 Å². The molecule has 0 aliphatic rings. The van der Waals surface area contributed by atoms with Crippen LogP contribution in [0.2, 0.25) is 5.02 Å². The van der Waals surface area contributed by atoms with Crippen molar-refractivity contribution in [2.45, 2.75) is 24.0 Å². The predicted octanol–water partition coefficient (Wildman–Crippen LogP) is 4.03. The smallest absolute Gasteiger partial charge is 0.178 e. The van der Waals surface area contributed by atoms with E-state index in [1.165, 1.54) is 0 Å². The summed E-state index contributed by atoms with van der Waals surface area (Å²) in [7, 11) is -1.37. The molecule has 0 fully saturated rings. The van der Waals surface area contributed by atoms with Gasteiger partial charge in [0.1, 0.15) is 0 Å². The fraction of sp³-hybridized carbons (Fsp3) is 0.188. The van der Waals surface area contributed by atoms with Gasteiger partial charge in [-0.25, -0.2) is 0 Å². The molecule has 2 nitrogen and oxygen atoms in total.